The standard InChI is InChI=1S/C15H14BrNO3/c1-10-3-6-15(11(2)7-10)20-9-12-4-5-13(16)14(8-12)17(18)19/h3-8H,9H2,1-2H3. The van der Waals surface area contributed by atoms with Crippen LogP contribution in [0.15, 0.2) is 40.9 Å². The first-order valence-electron chi connectivity index (χ1n) is 6.10. The summed E-state index contributed by atoms with van der Waals surface area (Å²) >= 11 is 3.16. The molecule has 0 bridgehead atoms. The van der Waals surface area contributed by atoms with Crippen molar-refractivity contribution >= 4 is 21.6 Å². The van der Waals surface area contributed by atoms with Gasteiger partial charge in [-0.15, -0.1) is 0 Å². The van der Waals surface area contributed by atoms with Crippen LogP contribution >= 0.6 is 15.9 Å². The van der Waals surface area contributed by atoms with Gasteiger partial charge in [0.15, 0.2) is 0 Å². The molecule has 20 heavy (non-hydrogen) atoms. The van der Waals surface area contributed by atoms with Crippen molar-refractivity contribution in [1.29, 1.82) is 0 Å². The van der Waals surface area contributed by atoms with Crippen molar-refractivity contribution in [2.75, 3.05) is 0 Å². The fourth-order valence-electron chi connectivity index (χ4n) is 1.91. The summed E-state index contributed by atoms with van der Waals surface area (Å²) in [6, 6.07) is 10.9. The molecule has 2 rings (SSSR count). The molecule has 0 aliphatic rings. The Hall–Kier alpha value is -1.88. The van der Waals surface area contributed by atoms with E-state index in [0.29, 0.717) is 11.1 Å². The molecule has 104 valence electrons. The third-order valence-corrected chi connectivity index (χ3v) is 3.60. The maximum atomic E-state index is 10.9. The number of rotatable bonds is 4. The lowest BCUT2D eigenvalue weighted by Crippen LogP contribution is -1.99. The normalized spacial score (nSPS) is 10.3. The number of nitro groups is 1. The van der Waals surface area contributed by atoms with Crippen LogP contribution in [0.4, 0.5) is 5.69 Å². The lowest BCUT2D eigenvalue weighted by Gasteiger charge is -2.10. The molecule has 0 unspecified atom stereocenters. The van der Waals surface area contributed by atoms with Crippen LogP contribution in [-0.2, 0) is 6.61 Å². The van der Waals surface area contributed by atoms with E-state index in [1.165, 1.54) is 11.6 Å². The largest absolute Gasteiger partial charge is 0.489 e. The molecule has 0 atom stereocenters. The number of benzene rings is 2. The molecule has 0 N–H and O–H groups in total. The topological polar surface area (TPSA) is 52.4 Å². The minimum absolute atomic E-state index is 0.0479. The van der Waals surface area contributed by atoms with Gasteiger partial charge < -0.3 is 4.74 Å². The second-order valence-corrected chi connectivity index (χ2v) is 5.45. The number of aryl methyl sites for hydroxylation is 2. The van der Waals surface area contributed by atoms with Gasteiger partial charge in [-0.05, 0) is 53.0 Å². The van der Waals surface area contributed by atoms with Gasteiger partial charge in [0, 0.05) is 6.07 Å². The van der Waals surface area contributed by atoms with Crippen LogP contribution in [0.1, 0.15) is 16.7 Å². The van der Waals surface area contributed by atoms with Gasteiger partial charge in [0.2, 0.25) is 0 Å². The van der Waals surface area contributed by atoms with Gasteiger partial charge in [0.25, 0.3) is 5.69 Å². The molecular weight excluding hydrogens is 322 g/mol. The Morgan fingerprint density at radius 3 is 2.60 bits per heavy atom. The smallest absolute Gasteiger partial charge is 0.283 e. The van der Waals surface area contributed by atoms with Gasteiger partial charge in [0.1, 0.15) is 12.4 Å². The van der Waals surface area contributed by atoms with E-state index in [4.69, 9.17) is 4.74 Å². The van der Waals surface area contributed by atoms with Crippen molar-refractivity contribution in [2.45, 2.75) is 20.5 Å². The summed E-state index contributed by atoms with van der Waals surface area (Å²) in [4.78, 5) is 10.5. The molecule has 0 saturated heterocycles. The Bertz CT molecular complexity index is 656. The van der Waals surface area contributed by atoms with E-state index < -0.39 is 4.92 Å². The van der Waals surface area contributed by atoms with E-state index in [0.717, 1.165) is 16.9 Å². The van der Waals surface area contributed by atoms with Crippen LogP contribution in [0, 0.1) is 24.0 Å². The first-order chi connectivity index (χ1) is 9.47. The molecule has 2 aromatic rings. The number of halogens is 1. The van der Waals surface area contributed by atoms with E-state index in [2.05, 4.69) is 15.9 Å². The van der Waals surface area contributed by atoms with Crippen LogP contribution in [0.2, 0.25) is 0 Å². The molecular formula is C15H14BrNO3. The predicted molar refractivity (Wildman–Crippen MR) is 81.0 cm³/mol. The molecule has 0 aromatic heterocycles. The van der Waals surface area contributed by atoms with Gasteiger partial charge in [-0.25, -0.2) is 0 Å². The Labute approximate surface area is 125 Å². The lowest BCUT2D eigenvalue weighted by molar-refractivity contribution is -0.385. The summed E-state index contributed by atoms with van der Waals surface area (Å²) in [5.74, 6) is 0.793. The summed E-state index contributed by atoms with van der Waals surface area (Å²) < 4.78 is 6.18. The van der Waals surface area contributed by atoms with Crippen LogP contribution in [-0.4, -0.2) is 4.92 Å². The molecule has 0 amide bonds. The van der Waals surface area contributed by atoms with Gasteiger partial charge in [-0.1, -0.05) is 23.8 Å². The molecule has 2 aromatic carbocycles. The van der Waals surface area contributed by atoms with Crippen molar-refractivity contribution in [3.63, 3.8) is 0 Å². The highest BCUT2D eigenvalue weighted by molar-refractivity contribution is 9.10. The first-order valence-corrected chi connectivity index (χ1v) is 6.89. The van der Waals surface area contributed by atoms with Crippen molar-refractivity contribution in [3.8, 4) is 5.75 Å². The number of hydrogen-bond acceptors (Lipinski definition) is 3. The molecule has 0 spiro atoms. The summed E-state index contributed by atoms with van der Waals surface area (Å²) in [6.07, 6.45) is 0. The molecule has 4 nitrogen and oxygen atoms in total. The monoisotopic (exact) mass is 335 g/mol. The summed E-state index contributed by atoms with van der Waals surface area (Å²) in [5, 5.41) is 10.9. The summed E-state index contributed by atoms with van der Waals surface area (Å²) in [6.45, 7) is 4.30. The maximum Gasteiger partial charge on any atom is 0.283 e. The van der Waals surface area contributed by atoms with Crippen molar-refractivity contribution in [3.05, 3.63) is 67.7 Å². The summed E-state index contributed by atoms with van der Waals surface area (Å²) in [5.41, 5.74) is 3.04. The summed E-state index contributed by atoms with van der Waals surface area (Å²) in [7, 11) is 0. The fourth-order valence-corrected chi connectivity index (χ4v) is 2.30. The molecule has 0 heterocycles. The Kier molecular flexibility index (Phi) is 4.39. The zero-order valence-electron chi connectivity index (χ0n) is 11.2. The zero-order chi connectivity index (χ0) is 14.7. The zero-order valence-corrected chi connectivity index (χ0v) is 12.8. The highest BCUT2D eigenvalue weighted by Gasteiger charge is 2.12. The van der Waals surface area contributed by atoms with Crippen LogP contribution < -0.4 is 4.74 Å². The number of nitrogens with zero attached hydrogens (tertiary/aromatic N) is 1. The highest BCUT2D eigenvalue weighted by atomic mass is 79.9. The van der Waals surface area contributed by atoms with Gasteiger partial charge in [-0.3, -0.25) is 10.1 Å². The molecule has 0 aliphatic heterocycles. The van der Waals surface area contributed by atoms with Gasteiger partial charge >= 0.3 is 0 Å². The average Bonchev–Trinajstić information content (AvgIpc) is 2.39. The minimum atomic E-state index is -0.412. The van der Waals surface area contributed by atoms with E-state index >= 15 is 0 Å². The molecule has 0 fully saturated rings. The van der Waals surface area contributed by atoms with Crippen LogP contribution in [0.3, 0.4) is 0 Å². The SMILES string of the molecule is Cc1ccc(OCc2ccc(Br)c([N+](=O)[O-])c2)c(C)c1. The molecule has 5 heteroatoms. The molecule has 0 aliphatic carbocycles. The quantitative estimate of drug-likeness (QED) is 0.608. The van der Waals surface area contributed by atoms with E-state index in [-0.39, 0.29) is 5.69 Å². The second kappa shape index (κ2) is 6.05. The van der Waals surface area contributed by atoms with E-state index in [9.17, 15) is 10.1 Å². The van der Waals surface area contributed by atoms with Crippen LogP contribution in [0.25, 0.3) is 0 Å². The average molecular weight is 336 g/mol. The fraction of sp³-hybridized carbons (Fsp3) is 0.200. The molecule has 0 saturated carbocycles. The Balaban J connectivity index is 2.15. The lowest BCUT2D eigenvalue weighted by atomic mass is 10.1. The third kappa shape index (κ3) is 3.36. The first kappa shape index (κ1) is 14.5. The van der Waals surface area contributed by atoms with Crippen molar-refractivity contribution < 1.29 is 9.66 Å². The number of ether oxygens (including phenoxy) is 1. The predicted octanol–water partition coefficient (Wildman–Crippen LogP) is 4.55. The minimum Gasteiger partial charge on any atom is -0.489 e. The maximum absolute atomic E-state index is 10.9. The number of nitro benzene ring substituents is 1. The highest BCUT2D eigenvalue weighted by Crippen LogP contribution is 2.26. The van der Waals surface area contributed by atoms with Crippen molar-refractivity contribution in [2.24, 2.45) is 0 Å². The van der Waals surface area contributed by atoms with Gasteiger partial charge in [0.05, 0.1) is 9.40 Å². The van der Waals surface area contributed by atoms with E-state index in [1.54, 1.807) is 12.1 Å². The second-order valence-electron chi connectivity index (χ2n) is 4.60. The van der Waals surface area contributed by atoms with Crippen LogP contribution in [0.5, 0.6) is 5.75 Å². The molecule has 0 radical (unpaired) electrons. The van der Waals surface area contributed by atoms with E-state index in [1.807, 2.05) is 32.0 Å². The van der Waals surface area contributed by atoms with Gasteiger partial charge in [-0.2, -0.15) is 0 Å². The number of hydrogen-bond donors (Lipinski definition) is 0. The third-order valence-electron chi connectivity index (χ3n) is 2.93. The Morgan fingerprint density at radius 2 is 1.95 bits per heavy atom. The Morgan fingerprint density at radius 1 is 1.20 bits per heavy atom. The van der Waals surface area contributed by atoms with Crippen molar-refractivity contribution in [1.82, 2.24) is 0 Å².